The van der Waals surface area contributed by atoms with E-state index in [2.05, 4.69) is 34.1 Å². The van der Waals surface area contributed by atoms with E-state index in [1.807, 2.05) is 0 Å². The maximum atomic E-state index is 13.2. The molecule has 1 N–H and O–H groups in total. The van der Waals surface area contributed by atoms with Crippen molar-refractivity contribution < 1.29 is 24.0 Å². The zero-order valence-corrected chi connectivity index (χ0v) is 23.1. The molecule has 9 heteroatoms. The average molecular weight is 545 g/mol. The summed E-state index contributed by atoms with van der Waals surface area (Å²) in [6, 6.07) is 11.9. The van der Waals surface area contributed by atoms with Gasteiger partial charge in [-0.05, 0) is 68.4 Å². The van der Waals surface area contributed by atoms with Crippen LogP contribution in [0.2, 0.25) is 0 Å². The van der Waals surface area contributed by atoms with E-state index in [4.69, 9.17) is 4.98 Å². The highest BCUT2D eigenvalue weighted by atomic mass is 16.3. The molecule has 4 fully saturated rings. The SMILES string of the molecule is O=C1c2ccc(C3(O)CCN(Cc4ccc(N5CCCCC5)cc4)CC3)nc2CN1C1CCC(=O)[N+]2(CC2)C1=O. The van der Waals surface area contributed by atoms with Crippen LogP contribution in [0.5, 0.6) is 0 Å². The van der Waals surface area contributed by atoms with Crippen LogP contribution in [-0.4, -0.2) is 87.4 Å². The zero-order valence-electron chi connectivity index (χ0n) is 23.1. The van der Waals surface area contributed by atoms with E-state index in [-0.39, 0.29) is 28.7 Å². The van der Waals surface area contributed by atoms with Gasteiger partial charge in [0.15, 0.2) is 0 Å². The van der Waals surface area contributed by atoms with E-state index in [0.29, 0.717) is 55.7 Å². The zero-order chi connectivity index (χ0) is 27.5. The highest BCUT2D eigenvalue weighted by Gasteiger charge is 2.62. The Morgan fingerprint density at radius 3 is 2.35 bits per heavy atom. The first-order valence-corrected chi connectivity index (χ1v) is 14.9. The van der Waals surface area contributed by atoms with Gasteiger partial charge in [-0.1, -0.05) is 12.1 Å². The molecule has 4 saturated heterocycles. The molecule has 5 aliphatic heterocycles. The Kier molecular flexibility index (Phi) is 6.29. The molecule has 1 aromatic carbocycles. The Morgan fingerprint density at radius 2 is 1.65 bits per heavy atom. The molecule has 5 aliphatic rings. The number of likely N-dealkylation sites (tertiary alicyclic amines) is 1. The molecule has 1 atom stereocenters. The number of hydrogen-bond donors (Lipinski definition) is 1. The fraction of sp³-hybridized carbons (Fsp3) is 0.548. The van der Waals surface area contributed by atoms with Gasteiger partial charge in [-0.25, -0.2) is 9.59 Å². The third kappa shape index (κ3) is 4.35. The molecule has 0 aliphatic carbocycles. The number of benzene rings is 1. The molecular weight excluding hydrogens is 506 g/mol. The minimum atomic E-state index is -1.04. The molecule has 0 saturated carbocycles. The third-order valence-corrected chi connectivity index (χ3v) is 9.87. The number of aliphatic hydroxyl groups is 1. The number of carbonyl (C=O) groups excluding carboxylic acids is 3. The van der Waals surface area contributed by atoms with Gasteiger partial charge in [-0.15, -0.1) is 0 Å². The smallest absolute Gasteiger partial charge is 0.344 e. The molecule has 40 heavy (non-hydrogen) atoms. The van der Waals surface area contributed by atoms with E-state index in [0.717, 1.165) is 32.7 Å². The van der Waals surface area contributed by atoms with E-state index >= 15 is 0 Å². The van der Waals surface area contributed by atoms with Crippen molar-refractivity contribution in [3.8, 4) is 0 Å². The lowest BCUT2D eigenvalue weighted by atomic mass is 9.87. The van der Waals surface area contributed by atoms with Crippen molar-refractivity contribution in [2.45, 2.75) is 69.7 Å². The normalized spacial score (nSPS) is 25.9. The molecule has 0 bridgehead atoms. The van der Waals surface area contributed by atoms with Crippen molar-refractivity contribution in [3.05, 3.63) is 58.9 Å². The predicted molar refractivity (Wildman–Crippen MR) is 148 cm³/mol. The average Bonchev–Trinajstić information content (AvgIpc) is 3.73. The van der Waals surface area contributed by atoms with Crippen LogP contribution in [0.1, 0.15) is 72.3 Å². The lowest BCUT2D eigenvalue weighted by Crippen LogP contribution is -2.56. The molecular formula is C31H38N5O4+. The molecule has 1 unspecified atom stereocenters. The summed E-state index contributed by atoms with van der Waals surface area (Å²) in [6.07, 6.45) is 5.73. The van der Waals surface area contributed by atoms with E-state index in [1.54, 1.807) is 17.0 Å². The van der Waals surface area contributed by atoms with E-state index in [9.17, 15) is 19.5 Å². The summed E-state index contributed by atoms with van der Waals surface area (Å²) in [5, 5.41) is 11.6. The van der Waals surface area contributed by atoms with Gasteiger partial charge in [-0.3, -0.25) is 14.7 Å². The van der Waals surface area contributed by atoms with Gasteiger partial charge in [0.2, 0.25) is 0 Å². The Hall–Kier alpha value is -3.14. The topological polar surface area (TPSA) is 94.1 Å². The van der Waals surface area contributed by atoms with Crippen LogP contribution in [0, 0.1) is 0 Å². The Labute approximate surface area is 235 Å². The quantitative estimate of drug-likeness (QED) is 0.351. The number of amides is 3. The maximum absolute atomic E-state index is 13.2. The first-order chi connectivity index (χ1) is 19.4. The number of quaternary nitrogens is 1. The fourth-order valence-corrected chi connectivity index (χ4v) is 7.14. The first kappa shape index (κ1) is 25.8. The summed E-state index contributed by atoms with van der Waals surface area (Å²) in [5.41, 5.74) is 3.28. The van der Waals surface area contributed by atoms with Crippen LogP contribution in [0.3, 0.4) is 0 Å². The number of anilines is 1. The minimum absolute atomic E-state index is 0.0196. The van der Waals surface area contributed by atoms with Crippen LogP contribution in [0.25, 0.3) is 0 Å². The van der Waals surface area contributed by atoms with Gasteiger partial charge in [-0.2, -0.15) is 4.48 Å². The van der Waals surface area contributed by atoms with Crippen molar-refractivity contribution in [1.82, 2.24) is 14.8 Å². The van der Waals surface area contributed by atoms with Crippen LogP contribution in [-0.2, 0) is 28.3 Å². The van der Waals surface area contributed by atoms with Crippen molar-refractivity contribution >= 4 is 23.4 Å². The molecule has 6 heterocycles. The monoisotopic (exact) mass is 544 g/mol. The molecule has 3 amide bonds. The largest absolute Gasteiger partial charge is 0.383 e. The van der Waals surface area contributed by atoms with Crippen molar-refractivity contribution in [3.63, 3.8) is 0 Å². The second-order valence-corrected chi connectivity index (χ2v) is 12.3. The number of rotatable bonds is 5. The highest BCUT2D eigenvalue weighted by molar-refractivity contribution is 6.02. The number of piperidine rings is 3. The number of aromatic nitrogens is 1. The number of hydrogen-bond acceptors (Lipinski definition) is 7. The second-order valence-electron chi connectivity index (χ2n) is 12.3. The molecule has 0 radical (unpaired) electrons. The summed E-state index contributed by atoms with van der Waals surface area (Å²) >= 11 is 0. The number of carbonyl (C=O) groups is 3. The van der Waals surface area contributed by atoms with Crippen molar-refractivity contribution in [2.75, 3.05) is 44.2 Å². The number of fused-ring (bicyclic) bond motifs is 1. The Morgan fingerprint density at radius 1 is 0.925 bits per heavy atom. The molecule has 9 nitrogen and oxygen atoms in total. The molecule has 7 rings (SSSR count). The first-order valence-electron chi connectivity index (χ1n) is 14.9. The van der Waals surface area contributed by atoms with Gasteiger partial charge in [0.1, 0.15) is 24.7 Å². The Balaban J connectivity index is 0.986. The summed E-state index contributed by atoms with van der Waals surface area (Å²) in [5.74, 6) is -0.367. The lowest BCUT2D eigenvalue weighted by molar-refractivity contribution is -0.643. The van der Waals surface area contributed by atoms with Gasteiger partial charge < -0.3 is 14.9 Å². The van der Waals surface area contributed by atoms with Gasteiger partial charge in [0.05, 0.1) is 29.9 Å². The van der Waals surface area contributed by atoms with Crippen LogP contribution in [0.4, 0.5) is 5.69 Å². The standard InChI is InChI=1S/C31H38N5O4/c37-28-11-9-26(30(39)36(28)18-19-36)35-21-25-24(29(35)38)8-10-27(32-25)31(40)12-16-33(17-13-31)20-22-4-6-23(7-5-22)34-14-2-1-3-15-34/h4-8,10,26,40H,1-3,9,11-21H2/q+1. The molecule has 1 aromatic heterocycles. The molecule has 1 spiro atoms. The van der Waals surface area contributed by atoms with Gasteiger partial charge in [0.25, 0.3) is 5.91 Å². The highest BCUT2D eigenvalue weighted by Crippen LogP contribution is 2.38. The summed E-state index contributed by atoms with van der Waals surface area (Å²) in [6.45, 7) is 6.04. The van der Waals surface area contributed by atoms with Crippen LogP contribution < -0.4 is 4.90 Å². The third-order valence-electron chi connectivity index (χ3n) is 9.87. The fourth-order valence-electron chi connectivity index (χ4n) is 7.14. The Bertz CT molecular complexity index is 1340. The number of imide groups is 1. The van der Waals surface area contributed by atoms with E-state index in [1.165, 1.54) is 30.5 Å². The number of nitrogens with zero attached hydrogens (tertiary/aromatic N) is 5. The van der Waals surface area contributed by atoms with Crippen LogP contribution in [0.15, 0.2) is 36.4 Å². The van der Waals surface area contributed by atoms with E-state index < -0.39 is 11.6 Å². The molecule has 210 valence electrons. The summed E-state index contributed by atoms with van der Waals surface area (Å²) in [4.78, 5) is 49.9. The van der Waals surface area contributed by atoms with Crippen molar-refractivity contribution in [1.29, 1.82) is 0 Å². The number of pyridine rings is 1. The summed E-state index contributed by atoms with van der Waals surface area (Å²) in [7, 11) is 0. The minimum Gasteiger partial charge on any atom is -0.383 e. The lowest BCUT2D eigenvalue weighted by Gasteiger charge is -2.38. The predicted octanol–water partition coefficient (Wildman–Crippen LogP) is 2.56. The van der Waals surface area contributed by atoms with Gasteiger partial charge in [0, 0.05) is 38.4 Å². The van der Waals surface area contributed by atoms with Crippen molar-refractivity contribution in [2.24, 2.45) is 0 Å². The van der Waals surface area contributed by atoms with Crippen LogP contribution >= 0.6 is 0 Å². The van der Waals surface area contributed by atoms with Gasteiger partial charge >= 0.3 is 11.8 Å². The summed E-state index contributed by atoms with van der Waals surface area (Å²) < 4.78 is -0.0949. The second kappa shape index (κ2) is 9.75. The maximum Gasteiger partial charge on any atom is 0.344 e. The molecule has 2 aromatic rings.